The maximum Gasteiger partial charge on any atom is 0.146 e. The van der Waals surface area contributed by atoms with Crippen LogP contribution in [0.4, 0.5) is 0 Å². The average molecular weight is 272 g/mol. The van der Waals surface area contributed by atoms with Crippen LogP contribution in [0.2, 0.25) is 0 Å². The first-order chi connectivity index (χ1) is 9.81. The van der Waals surface area contributed by atoms with Crippen LogP contribution in [0.3, 0.4) is 0 Å². The third-order valence-corrected chi connectivity index (χ3v) is 4.14. The number of aryl methyl sites for hydroxylation is 1. The molecule has 0 aliphatic heterocycles. The van der Waals surface area contributed by atoms with Crippen molar-refractivity contribution in [1.29, 1.82) is 0 Å². The summed E-state index contributed by atoms with van der Waals surface area (Å²) in [7, 11) is 0. The van der Waals surface area contributed by atoms with Crippen LogP contribution in [0.15, 0.2) is 41.5 Å². The number of carbonyl (C=O) groups is 1. The van der Waals surface area contributed by atoms with E-state index < -0.39 is 0 Å². The molecule has 0 amide bonds. The van der Waals surface area contributed by atoms with E-state index in [1.54, 1.807) is 0 Å². The molecule has 0 saturated heterocycles. The van der Waals surface area contributed by atoms with Crippen LogP contribution < -0.4 is 0 Å². The number of hydrogen-bond acceptors (Lipinski definition) is 2. The lowest BCUT2D eigenvalue weighted by atomic mass is 9.87. The van der Waals surface area contributed by atoms with Gasteiger partial charge in [-0.25, -0.2) is 0 Å². The summed E-state index contributed by atoms with van der Waals surface area (Å²) in [5, 5.41) is 9.99. The third kappa shape index (κ3) is 4.31. The Balaban J connectivity index is 1.72. The highest BCUT2D eigenvalue weighted by Gasteiger charge is 2.19. The molecule has 0 fully saturated rings. The van der Waals surface area contributed by atoms with Crippen molar-refractivity contribution in [3.8, 4) is 0 Å². The van der Waals surface area contributed by atoms with E-state index >= 15 is 0 Å². The lowest BCUT2D eigenvalue weighted by Crippen LogP contribution is -2.18. The lowest BCUT2D eigenvalue weighted by Gasteiger charge is -2.22. The Morgan fingerprint density at radius 1 is 1.10 bits per heavy atom. The van der Waals surface area contributed by atoms with Gasteiger partial charge < -0.3 is 5.11 Å². The fourth-order valence-electron chi connectivity index (χ4n) is 2.96. The second-order valence-electron chi connectivity index (χ2n) is 5.62. The van der Waals surface area contributed by atoms with Gasteiger partial charge in [0.1, 0.15) is 6.29 Å². The first-order valence-electron chi connectivity index (χ1n) is 7.70. The minimum Gasteiger partial charge on any atom is -0.389 e. The minimum absolute atomic E-state index is 0.377. The first-order valence-corrected chi connectivity index (χ1v) is 7.70. The predicted molar refractivity (Wildman–Crippen MR) is 81.6 cm³/mol. The molecule has 0 spiro atoms. The molecule has 108 valence electrons. The maximum absolute atomic E-state index is 11.0. The summed E-state index contributed by atoms with van der Waals surface area (Å²) < 4.78 is 0. The van der Waals surface area contributed by atoms with Gasteiger partial charge in [-0.05, 0) is 61.7 Å². The number of aliphatic hydroxyl groups excluding tert-OH is 1. The highest BCUT2D eigenvalue weighted by atomic mass is 16.3. The number of unbranched alkanes of at least 4 members (excludes halogenated alkanes) is 2. The lowest BCUT2D eigenvalue weighted by molar-refractivity contribution is -0.105. The highest BCUT2D eigenvalue weighted by molar-refractivity contribution is 5.75. The molecular weight excluding hydrogens is 248 g/mol. The Labute approximate surface area is 121 Å². The zero-order valence-corrected chi connectivity index (χ0v) is 12.1. The second kappa shape index (κ2) is 8.01. The number of aldehydes is 1. The smallest absolute Gasteiger partial charge is 0.146 e. The van der Waals surface area contributed by atoms with Gasteiger partial charge in [0.05, 0.1) is 6.10 Å². The maximum atomic E-state index is 11.0. The molecular formula is C18H24O2. The quantitative estimate of drug-likeness (QED) is 0.605. The second-order valence-corrected chi connectivity index (χ2v) is 5.62. The monoisotopic (exact) mass is 272 g/mol. The van der Waals surface area contributed by atoms with E-state index in [2.05, 4.69) is 24.3 Å². The van der Waals surface area contributed by atoms with Gasteiger partial charge in [0.25, 0.3) is 0 Å². The van der Waals surface area contributed by atoms with Crippen molar-refractivity contribution in [3.05, 3.63) is 47.0 Å². The van der Waals surface area contributed by atoms with Gasteiger partial charge in [0.2, 0.25) is 0 Å². The number of allylic oxidation sites excluding steroid dienone is 1. The van der Waals surface area contributed by atoms with Crippen LogP contribution in [0.1, 0.15) is 50.5 Å². The third-order valence-electron chi connectivity index (χ3n) is 4.14. The Bertz CT molecular complexity index is 448. The normalized spacial score (nSPS) is 19.1. The molecule has 1 aromatic rings. The minimum atomic E-state index is -0.377. The fraction of sp³-hybridized carbons (Fsp3) is 0.500. The van der Waals surface area contributed by atoms with Gasteiger partial charge in [-0.3, -0.25) is 4.79 Å². The molecule has 1 unspecified atom stereocenters. The number of aliphatic hydroxyl groups is 1. The molecule has 0 aromatic heterocycles. The molecule has 0 saturated carbocycles. The molecule has 20 heavy (non-hydrogen) atoms. The van der Waals surface area contributed by atoms with Gasteiger partial charge in [0, 0.05) is 0 Å². The standard InChI is InChI=1S/C18H24O2/c19-14-16-11-7-13-18(20)17(16)12-6-2-5-10-15-8-3-1-4-9-15/h1,3-4,8-9,14,18,20H,2,5-7,10-13H2. The van der Waals surface area contributed by atoms with Crippen LogP contribution >= 0.6 is 0 Å². The fourth-order valence-corrected chi connectivity index (χ4v) is 2.96. The molecule has 0 bridgehead atoms. The van der Waals surface area contributed by atoms with E-state index in [0.29, 0.717) is 0 Å². The molecule has 0 heterocycles. The molecule has 2 rings (SSSR count). The Morgan fingerprint density at radius 2 is 1.85 bits per heavy atom. The summed E-state index contributed by atoms with van der Waals surface area (Å²) in [4.78, 5) is 11.0. The Hall–Kier alpha value is -1.41. The molecule has 1 aliphatic rings. The molecule has 2 heteroatoms. The van der Waals surface area contributed by atoms with Crippen LogP contribution in [-0.4, -0.2) is 17.5 Å². The average Bonchev–Trinajstić information content (AvgIpc) is 2.49. The topological polar surface area (TPSA) is 37.3 Å². The molecule has 1 aliphatic carbocycles. The summed E-state index contributed by atoms with van der Waals surface area (Å²) in [6, 6.07) is 10.5. The molecule has 1 aromatic carbocycles. The van der Waals surface area contributed by atoms with Gasteiger partial charge >= 0.3 is 0 Å². The van der Waals surface area contributed by atoms with Gasteiger partial charge in [-0.15, -0.1) is 0 Å². The van der Waals surface area contributed by atoms with Crippen molar-refractivity contribution in [3.63, 3.8) is 0 Å². The molecule has 1 atom stereocenters. The molecule has 2 nitrogen and oxygen atoms in total. The zero-order valence-electron chi connectivity index (χ0n) is 12.1. The van der Waals surface area contributed by atoms with Crippen LogP contribution in [0, 0.1) is 0 Å². The number of hydrogen-bond donors (Lipinski definition) is 1. The SMILES string of the molecule is O=CC1=C(CCCCCc2ccccc2)C(O)CCC1. The van der Waals surface area contributed by atoms with E-state index in [1.165, 1.54) is 12.0 Å². The highest BCUT2D eigenvalue weighted by Crippen LogP contribution is 2.28. The van der Waals surface area contributed by atoms with Crippen LogP contribution in [-0.2, 0) is 11.2 Å². The summed E-state index contributed by atoms with van der Waals surface area (Å²) >= 11 is 0. The Kier molecular flexibility index (Phi) is 6.00. The van der Waals surface area contributed by atoms with Gasteiger partial charge in [0.15, 0.2) is 0 Å². The van der Waals surface area contributed by atoms with E-state index in [9.17, 15) is 9.90 Å². The van der Waals surface area contributed by atoms with Gasteiger partial charge in [-0.1, -0.05) is 36.8 Å². The largest absolute Gasteiger partial charge is 0.389 e. The van der Waals surface area contributed by atoms with Crippen molar-refractivity contribution in [2.75, 3.05) is 0 Å². The van der Waals surface area contributed by atoms with Crippen molar-refractivity contribution in [1.82, 2.24) is 0 Å². The summed E-state index contributed by atoms with van der Waals surface area (Å²) in [5.41, 5.74) is 3.25. The van der Waals surface area contributed by atoms with Crippen molar-refractivity contribution in [2.24, 2.45) is 0 Å². The van der Waals surface area contributed by atoms with Gasteiger partial charge in [-0.2, -0.15) is 0 Å². The summed E-state index contributed by atoms with van der Waals surface area (Å²) in [6.45, 7) is 0. The van der Waals surface area contributed by atoms with E-state index in [4.69, 9.17) is 0 Å². The summed E-state index contributed by atoms with van der Waals surface area (Å²) in [5.74, 6) is 0. The first kappa shape index (κ1) is 15.0. The van der Waals surface area contributed by atoms with Crippen molar-refractivity contribution >= 4 is 6.29 Å². The molecule has 1 N–H and O–H groups in total. The Morgan fingerprint density at radius 3 is 2.60 bits per heavy atom. The predicted octanol–water partition coefficient (Wildman–Crippen LogP) is 3.83. The van der Waals surface area contributed by atoms with E-state index in [1.807, 2.05) is 6.07 Å². The zero-order chi connectivity index (χ0) is 14.2. The van der Waals surface area contributed by atoms with E-state index in [-0.39, 0.29) is 6.10 Å². The number of benzene rings is 1. The number of carbonyl (C=O) groups excluding carboxylic acids is 1. The number of rotatable bonds is 7. The van der Waals surface area contributed by atoms with Crippen molar-refractivity contribution in [2.45, 2.75) is 57.5 Å². The van der Waals surface area contributed by atoms with Crippen molar-refractivity contribution < 1.29 is 9.90 Å². The van der Waals surface area contributed by atoms with Crippen LogP contribution in [0.5, 0.6) is 0 Å². The van der Waals surface area contributed by atoms with Crippen LogP contribution in [0.25, 0.3) is 0 Å². The summed E-state index contributed by atoms with van der Waals surface area (Å²) in [6.07, 6.45) is 8.55. The molecule has 0 radical (unpaired) electrons. The van der Waals surface area contributed by atoms with E-state index in [0.717, 1.165) is 62.4 Å².